The highest BCUT2D eigenvalue weighted by atomic mass is 28.4. The van der Waals surface area contributed by atoms with Gasteiger partial charge in [0.2, 0.25) is 8.32 Å². The van der Waals surface area contributed by atoms with Crippen LogP contribution in [0.3, 0.4) is 0 Å². The van der Waals surface area contributed by atoms with E-state index in [2.05, 4.69) is 55.0 Å². The fourth-order valence-electron chi connectivity index (χ4n) is 3.20. The summed E-state index contributed by atoms with van der Waals surface area (Å²) in [4.78, 5) is 0. The first-order chi connectivity index (χ1) is 8.20. The Kier molecular flexibility index (Phi) is 7.41. The SMILES string of the molecule is C=CC[C@H](N)[C@H](C)O[Si](C(C)C)(C(C)C)C(C)C. The minimum atomic E-state index is -1.80. The first-order valence-electron chi connectivity index (χ1n) is 7.24. The molecule has 2 atom stereocenters. The molecule has 0 rings (SSSR count). The fourth-order valence-corrected chi connectivity index (χ4v) is 8.84. The maximum Gasteiger partial charge on any atom is 0.200 e. The van der Waals surface area contributed by atoms with Crippen LogP contribution in [0.4, 0.5) is 0 Å². The minimum Gasteiger partial charge on any atom is -0.412 e. The van der Waals surface area contributed by atoms with Gasteiger partial charge >= 0.3 is 0 Å². The highest BCUT2D eigenvalue weighted by molar-refractivity contribution is 6.77. The Hall–Kier alpha value is -0.123. The highest BCUT2D eigenvalue weighted by Crippen LogP contribution is 2.43. The van der Waals surface area contributed by atoms with Crippen molar-refractivity contribution in [2.75, 3.05) is 0 Å². The summed E-state index contributed by atoms with van der Waals surface area (Å²) in [5, 5.41) is 0. The van der Waals surface area contributed by atoms with E-state index >= 15 is 0 Å². The van der Waals surface area contributed by atoms with E-state index in [0.29, 0.717) is 16.6 Å². The van der Waals surface area contributed by atoms with Crippen LogP contribution in [0.2, 0.25) is 16.6 Å². The average molecular weight is 272 g/mol. The first-order valence-corrected chi connectivity index (χ1v) is 9.38. The quantitative estimate of drug-likeness (QED) is 0.522. The second-order valence-electron chi connectivity index (χ2n) is 6.33. The van der Waals surface area contributed by atoms with Gasteiger partial charge in [0.25, 0.3) is 0 Å². The smallest absolute Gasteiger partial charge is 0.200 e. The summed E-state index contributed by atoms with van der Waals surface area (Å²) >= 11 is 0. The summed E-state index contributed by atoms with van der Waals surface area (Å²) in [6.07, 6.45) is 2.82. The van der Waals surface area contributed by atoms with Crippen molar-refractivity contribution >= 4 is 8.32 Å². The third-order valence-corrected chi connectivity index (χ3v) is 10.3. The van der Waals surface area contributed by atoms with Crippen LogP contribution in [0.1, 0.15) is 54.9 Å². The number of rotatable bonds is 8. The minimum absolute atomic E-state index is 0.0608. The van der Waals surface area contributed by atoms with Crippen molar-refractivity contribution in [1.82, 2.24) is 0 Å². The molecule has 0 aromatic carbocycles. The zero-order valence-electron chi connectivity index (χ0n) is 13.4. The van der Waals surface area contributed by atoms with Gasteiger partial charge in [0.1, 0.15) is 0 Å². The summed E-state index contributed by atoms with van der Waals surface area (Å²) < 4.78 is 6.60. The Bertz CT molecular complexity index is 229. The summed E-state index contributed by atoms with van der Waals surface area (Å²) in [6, 6.07) is 0.0608. The summed E-state index contributed by atoms with van der Waals surface area (Å²) in [6.45, 7) is 19.7. The molecule has 2 nitrogen and oxygen atoms in total. The average Bonchev–Trinajstić information content (AvgIpc) is 2.24. The lowest BCUT2D eigenvalue weighted by Gasteiger charge is -2.45. The molecule has 0 amide bonds. The Morgan fingerprint density at radius 3 is 1.67 bits per heavy atom. The molecule has 3 heteroatoms. The van der Waals surface area contributed by atoms with Crippen LogP contribution < -0.4 is 5.73 Å². The molecule has 0 bridgehead atoms. The molecule has 108 valence electrons. The van der Waals surface area contributed by atoms with Gasteiger partial charge in [-0.25, -0.2) is 0 Å². The van der Waals surface area contributed by atoms with E-state index in [9.17, 15) is 0 Å². The lowest BCUT2D eigenvalue weighted by molar-refractivity contribution is 0.163. The molecule has 0 radical (unpaired) electrons. The molecule has 0 fully saturated rings. The number of hydrogen-bond acceptors (Lipinski definition) is 2. The van der Waals surface area contributed by atoms with Gasteiger partial charge in [0, 0.05) is 6.04 Å². The molecule has 0 saturated heterocycles. The molecule has 0 aliphatic rings. The van der Waals surface area contributed by atoms with Gasteiger partial charge < -0.3 is 10.2 Å². The summed E-state index contributed by atoms with van der Waals surface area (Å²) in [7, 11) is -1.80. The zero-order chi connectivity index (χ0) is 14.5. The van der Waals surface area contributed by atoms with Crippen molar-refractivity contribution in [3.63, 3.8) is 0 Å². The van der Waals surface area contributed by atoms with Crippen LogP contribution in [0, 0.1) is 0 Å². The molecule has 0 unspecified atom stereocenters. The van der Waals surface area contributed by atoms with Gasteiger partial charge in [-0.05, 0) is 30.0 Å². The summed E-state index contributed by atoms with van der Waals surface area (Å²) in [5.41, 5.74) is 7.98. The second kappa shape index (κ2) is 7.46. The van der Waals surface area contributed by atoms with Crippen LogP contribution in [0.5, 0.6) is 0 Å². The Morgan fingerprint density at radius 1 is 1.00 bits per heavy atom. The van der Waals surface area contributed by atoms with Crippen LogP contribution >= 0.6 is 0 Å². The lowest BCUT2D eigenvalue weighted by atomic mass is 10.1. The maximum absolute atomic E-state index is 6.60. The Morgan fingerprint density at radius 2 is 1.39 bits per heavy atom. The van der Waals surface area contributed by atoms with Crippen molar-refractivity contribution in [3.8, 4) is 0 Å². The van der Waals surface area contributed by atoms with Gasteiger partial charge in [0.05, 0.1) is 6.10 Å². The van der Waals surface area contributed by atoms with E-state index in [1.54, 1.807) is 0 Å². The third kappa shape index (κ3) is 3.94. The standard InChI is InChI=1S/C15H33NOSi/c1-9-10-15(16)14(8)17-18(11(2)3,12(4)5)13(6)7/h9,11-15H,1,10,16H2,2-8H3/t14-,15-/m0/s1. The molecule has 18 heavy (non-hydrogen) atoms. The van der Waals surface area contributed by atoms with Crippen molar-refractivity contribution in [1.29, 1.82) is 0 Å². The molecule has 0 spiro atoms. The van der Waals surface area contributed by atoms with Crippen LogP contribution in [-0.2, 0) is 4.43 Å². The Labute approximate surface area is 115 Å². The largest absolute Gasteiger partial charge is 0.412 e. The lowest BCUT2D eigenvalue weighted by Crippen LogP contribution is -2.52. The zero-order valence-corrected chi connectivity index (χ0v) is 14.4. The molecule has 0 aliphatic heterocycles. The van der Waals surface area contributed by atoms with Crippen LogP contribution in [0.15, 0.2) is 12.7 Å². The van der Waals surface area contributed by atoms with Crippen molar-refractivity contribution in [2.45, 2.75) is 83.7 Å². The second-order valence-corrected chi connectivity index (χ2v) is 11.7. The normalized spacial score (nSPS) is 16.4. The van der Waals surface area contributed by atoms with E-state index in [0.717, 1.165) is 6.42 Å². The van der Waals surface area contributed by atoms with Crippen molar-refractivity contribution in [2.24, 2.45) is 5.73 Å². The first kappa shape index (κ1) is 17.9. The van der Waals surface area contributed by atoms with Crippen LogP contribution in [-0.4, -0.2) is 20.5 Å². The van der Waals surface area contributed by atoms with E-state index in [1.165, 1.54) is 0 Å². The molecule has 0 heterocycles. The highest BCUT2D eigenvalue weighted by Gasteiger charge is 2.46. The fraction of sp³-hybridized carbons (Fsp3) is 0.867. The molecule has 0 aliphatic carbocycles. The van der Waals surface area contributed by atoms with Gasteiger partial charge in [-0.3, -0.25) is 0 Å². The summed E-state index contributed by atoms with van der Waals surface area (Å²) in [5.74, 6) is 0. The van der Waals surface area contributed by atoms with Gasteiger partial charge in [-0.2, -0.15) is 0 Å². The predicted molar refractivity (Wildman–Crippen MR) is 84.4 cm³/mol. The molecule has 0 aromatic rings. The Balaban J connectivity index is 5.05. The van der Waals surface area contributed by atoms with E-state index in [-0.39, 0.29) is 12.1 Å². The molecular formula is C15H33NOSi. The van der Waals surface area contributed by atoms with Gasteiger partial charge in [-0.1, -0.05) is 47.6 Å². The van der Waals surface area contributed by atoms with Crippen molar-refractivity contribution in [3.05, 3.63) is 12.7 Å². The number of nitrogens with two attached hydrogens (primary N) is 1. The topological polar surface area (TPSA) is 35.2 Å². The van der Waals surface area contributed by atoms with Crippen molar-refractivity contribution < 1.29 is 4.43 Å². The van der Waals surface area contributed by atoms with Crippen LogP contribution in [0.25, 0.3) is 0 Å². The maximum atomic E-state index is 6.60. The number of hydrogen-bond donors (Lipinski definition) is 1. The third-order valence-electron chi connectivity index (χ3n) is 4.14. The molecular weight excluding hydrogens is 238 g/mol. The van der Waals surface area contributed by atoms with E-state index in [4.69, 9.17) is 10.2 Å². The predicted octanol–water partition coefficient (Wildman–Crippen LogP) is 4.47. The van der Waals surface area contributed by atoms with E-state index in [1.807, 2.05) is 6.08 Å². The monoisotopic (exact) mass is 271 g/mol. The van der Waals surface area contributed by atoms with Gasteiger partial charge in [0.15, 0.2) is 0 Å². The molecule has 0 aromatic heterocycles. The van der Waals surface area contributed by atoms with Gasteiger partial charge in [-0.15, -0.1) is 6.58 Å². The molecule has 0 saturated carbocycles. The van der Waals surface area contributed by atoms with E-state index < -0.39 is 8.32 Å². The molecule has 2 N–H and O–H groups in total.